The maximum atomic E-state index is 12.3. The summed E-state index contributed by atoms with van der Waals surface area (Å²) >= 11 is 1.26. The molecule has 0 saturated heterocycles. The van der Waals surface area contributed by atoms with Crippen LogP contribution >= 0.6 is 11.3 Å². The molecule has 6 nitrogen and oxygen atoms in total. The SMILES string of the molecule is Cc1csc([C@H](C#N)C(=O)COC(=O)c2cc(C)n(C3CC3)c2C)n1. The molecule has 2 heterocycles. The van der Waals surface area contributed by atoms with Gasteiger partial charge in [-0.3, -0.25) is 4.79 Å². The van der Waals surface area contributed by atoms with Crippen LogP contribution in [0.25, 0.3) is 0 Å². The Labute approximate surface area is 150 Å². The van der Waals surface area contributed by atoms with Crippen LogP contribution in [0.1, 0.15) is 57.2 Å². The summed E-state index contributed by atoms with van der Waals surface area (Å²) in [6.07, 6.45) is 2.25. The zero-order valence-electron chi connectivity index (χ0n) is 14.4. The van der Waals surface area contributed by atoms with Crippen molar-refractivity contribution in [2.24, 2.45) is 0 Å². The second-order valence-electron chi connectivity index (χ2n) is 6.32. The van der Waals surface area contributed by atoms with E-state index in [1.54, 1.807) is 18.4 Å². The van der Waals surface area contributed by atoms with Crippen molar-refractivity contribution in [2.45, 2.75) is 45.6 Å². The molecule has 0 radical (unpaired) electrons. The first-order valence-corrected chi connectivity index (χ1v) is 9.00. The Morgan fingerprint density at radius 2 is 2.16 bits per heavy atom. The summed E-state index contributed by atoms with van der Waals surface area (Å²) in [7, 11) is 0. The van der Waals surface area contributed by atoms with Gasteiger partial charge in [0, 0.05) is 28.5 Å². The average Bonchev–Trinajstić information content (AvgIpc) is 3.24. The Hall–Kier alpha value is -2.46. The molecule has 0 unspecified atom stereocenters. The number of rotatable bonds is 6. The fourth-order valence-corrected chi connectivity index (χ4v) is 3.81. The predicted octanol–water partition coefficient (Wildman–Crippen LogP) is 3.24. The summed E-state index contributed by atoms with van der Waals surface area (Å²) in [5.41, 5.74) is 3.13. The van der Waals surface area contributed by atoms with E-state index in [4.69, 9.17) is 4.74 Å². The molecule has 2 aromatic rings. The number of thiazole rings is 1. The van der Waals surface area contributed by atoms with E-state index in [1.807, 2.05) is 19.9 Å². The van der Waals surface area contributed by atoms with Crippen molar-refractivity contribution >= 4 is 23.1 Å². The highest BCUT2D eigenvalue weighted by Crippen LogP contribution is 2.38. The average molecular weight is 357 g/mol. The maximum Gasteiger partial charge on any atom is 0.340 e. The van der Waals surface area contributed by atoms with Crippen LogP contribution in [0, 0.1) is 32.1 Å². The van der Waals surface area contributed by atoms with Crippen LogP contribution < -0.4 is 0 Å². The Bertz CT molecular complexity index is 871. The topological polar surface area (TPSA) is 85.0 Å². The number of carbonyl (C=O) groups is 2. The molecule has 3 rings (SSSR count). The van der Waals surface area contributed by atoms with Gasteiger partial charge in [-0.25, -0.2) is 9.78 Å². The number of ether oxygens (including phenoxy) is 1. The van der Waals surface area contributed by atoms with Gasteiger partial charge in [0.15, 0.2) is 18.3 Å². The van der Waals surface area contributed by atoms with Crippen molar-refractivity contribution in [3.05, 3.63) is 39.1 Å². The molecule has 130 valence electrons. The third-order valence-corrected chi connectivity index (χ3v) is 5.32. The molecule has 0 spiro atoms. The van der Waals surface area contributed by atoms with Crippen LogP contribution in [0.4, 0.5) is 0 Å². The first-order chi connectivity index (χ1) is 11.9. The highest BCUT2D eigenvalue weighted by Gasteiger charge is 2.29. The van der Waals surface area contributed by atoms with Crippen molar-refractivity contribution in [1.82, 2.24) is 9.55 Å². The normalized spacial score (nSPS) is 14.8. The molecule has 2 aromatic heterocycles. The zero-order chi connectivity index (χ0) is 18.1. The number of aromatic nitrogens is 2. The van der Waals surface area contributed by atoms with E-state index in [0.29, 0.717) is 16.6 Å². The van der Waals surface area contributed by atoms with E-state index >= 15 is 0 Å². The van der Waals surface area contributed by atoms with Crippen LogP contribution in [-0.2, 0) is 9.53 Å². The van der Waals surface area contributed by atoms with Crippen LogP contribution in [0.5, 0.6) is 0 Å². The summed E-state index contributed by atoms with van der Waals surface area (Å²) < 4.78 is 7.32. The quantitative estimate of drug-likeness (QED) is 0.741. The molecule has 1 aliphatic carbocycles. The maximum absolute atomic E-state index is 12.3. The van der Waals surface area contributed by atoms with Gasteiger partial charge >= 0.3 is 5.97 Å². The minimum absolute atomic E-state index is 0.428. The lowest BCUT2D eigenvalue weighted by Gasteiger charge is -2.08. The van der Waals surface area contributed by atoms with E-state index in [0.717, 1.165) is 29.9 Å². The summed E-state index contributed by atoms with van der Waals surface area (Å²) in [5, 5.41) is 11.5. The van der Waals surface area contributed by atoms with Crippen molar-refractivity contribution in [1.29, 1.82) is 5.26 Å². The molecule has 0 N–H and O–H groups in total. The molecular formula is C18H19N3O3S. The van der Waals surface area contributed by atoms with Gasteiger partial charge in [-0.1, -0.05) is 0 Å². The van der Waals surface area contributed by atoms with E-state index in [-0.39, 0.29) is 0 Å². The van der Waals surface area contributed by atoms with E-state index in [1.165, 1.54) is 11.3 Å². The van der Waals surface area contributed by atoms with Gasteiger partial charge in [0.25, 0.3) is 0 Å². The van der Waals surface area contributed by atoms with Crippen molar-refractivity contribution in [3.63, 3.8) is 0 Å². The fraction of sp³-hybridized carbons (Fsp3) is 0.444. The third-order valence-electron chi connectivity index (χ3n) is 4.30. The minimum atomic E-state index is -0.995. The number of nitrogens with zero attached hydrogens (tertiary/aromatic N) is 3. The fourth-order valence-electron chi connectivity index (χ4n) is 2.95. The number of aryl methyl sites for hydroxylation is 2. The van der Waals surface area contributed by atoms with E-state index in [9.17, 15) is 14.9 Å². The van der Waals surface area contributed by atoms with Crippen LogP contribution in [0.2, 0.25) is 0 Å². The van der Waals surface area contributed by atoms with E-state index in [2.05, 4.69) is 9.55 Å². The molecule has 1 saturated carbocycles. The summed E-state index contributed by atoms with van der Waals surface area (Å²) in [4.78, 5) is 28.8. The largest absolute Gasteiger partial charge is 0.454 e. The number of carbonyl (C=O) groups excluding carboxylic acids is 2. The van der Waals surface area contributed by atoms with Crippen LogP contribution in [0.3, 0.4) is 0 Å². The molecule has 0 bridgehead atoms. The van der Waals surface area contributed by atoms with Gasteiger partial charge in [0.2, 0.25) is 0 Å². The monoisotopic (exact) mass is 357 g/mol. The minimum Gasteiger partial charge on any atom is -0.454 e. The Morgan fingerprint density at radius 1 is 1.44 bits per heavy atom. The van der Waals surface area contributed by atoms with Crippen molar-refractivity contribution in [3.8, 4) is 6.07 Å². The first kappa shape index (κ1) is 17.4. The first-order valence-electron chi connectivity index (χ1n) is 8.12. The van der Waals surface area contributed by atoms with Crippen molar-refractivity contribution in [2.75, 3.05) is 6.61 Å². The Kier molecular flexibility index (Phi) is 4.73. The van der Waals surface area contributed by atoms with Gasteiger partial charge in [-0.15, -0.1) is 11.3 Å². The number of nitriles is 1. The van der Waals surface area contributed by atoms with Crippen LogP contribution in [0.15, 0.2) is 11.4 Å². The second kappa shape index (κ2) is 6.81. The number of hydrogen-bond donors (Lipinski definition) is 0. The van der Waals surface area contributed by atoms with Gasteiger partial charge in [0.05, 0.1) is 11.6 Å². The Balaban J connectivity index is 1.67. The second-order valence-corrected chi connectivity index (χ2v) is 7.21. The highest BCUT2D eigenvalue weighted by molar-refractivity contribution is 7.09. The number of ketones is 1. The smallest absolute Gasteiger partial charge is 0.340 e. The summed E-state index contributed by atoms with van der Waals surface area (Å²) in [6, 6.07) is 4.22. The Morgan fingerprint density at radius 3 is 2.72 bits per heavy atom. The molecule has 0 amide bonds. The lowest BCUT2D eigenvalue weighted by Crippen LogP contribution is -2.20. The predicted molar refractivity (Wildman–Crippen MR) is 92.7 cm³/mol. The lowest BCUT2D eigenvalue weighted by atomic mass is 10.1. The van der Waals surface area contributed by atoms with Crippen molar-refractivity contribution < 1.29 is 14.3 Å². The molecule has 1 fully saturated rings. The van der Waals surface area contributed by atoms with Gasteiger partial charge < -0.3 is 9.30 Å². The molecule has 25 heavy (non-hydrogen) atoms. The molecule has 1 aliphatic rings. The summed E-state index contributed by atoms with van der Waals surface area (Å²) in [6.45, 7) is 5.22. The van der Waals surface area contributed by atoms with E-state index < -0.39 is 24.3 Å². The standard InChI is InChI=1S/C18H19N3O3S/c1-10-9-25-17(20-10)15(7-19)16(22)8-24-18(23)14-6-11(2)21(12(14)3)13-4-5-13/h6,9,13,15H,4-5,8H2,1-3H3/t15-/m1/s1. The zero-order valence-corrected chi connectivity index (χ0v) is 15.2. The number of Topliss-reactive ketones (excluding diaryl/α,β-unsaturated/α-hetero) is 1. The number of esters is 1. The molecule has 7 heteroatoms. The van der Waals surface area contributed by atoms with Gasteiger partial charge in [-0.2, -0.15) is 5.26 Å². The molecule has 0 aliphatic heterocycles. The van der Waals surface area contributed by atoms with Crippen LogP contribution in [-0.4, -0.2) is 27.9 Å². The van der Waals surface area contributed by atoms with Gasteiger partial charge in [-0.05, 0) is 39.7 Å². The number of hydrogen-bond acceptors (Lipinski definition) is 6. The third kappa shape index (κ3) is 3.49. The lowest BCUT2D eigenvalue weighted by molar-refractivity contribution is -0.122. The highest BCUT2D eigenvalue weighted by atomic mass is 32.1. The molecular weight excluding hydrogens is 338 g/mol. The summed E-state index contributed by atoms with van der Waals surface area (Å²) in [5.74, 6) is -1.98. The molecule has 0 aromatic carbocycles. The molecule has 1 atom stereocenters. The van der Waals surface area contributed by atoms with Gasteiger partial charge in [0.1, 0.15) is 5.01 Å².